The second kappa shape index (κ2) is 7.37. The van der Waals surface area contributed by atoms with Gasteiger partial charge >= 0.3 is 0 Å². The van der Waals surface area contributed by atoms with Crippen LogP contribution in [0, 0.1) is 11.5 Å². The molecule has 8 heteroatoms. The molecule has 0 amide bonds. The minimum Gasteiger partial charge on any atom is -0.457 e. The number of aromatic nitrogens is 4. The van der Waals surface area contributed by atoms with Crippen molar-refractivity contribution in [3.8, 4) is 28.9 Å². The van der Waals surface area contributed by atoms with Gasteiger partial charge < -0.3 is 15.4 Å². The molecule has 1 aliphatic rings. The zero-order valence-corrected chi connectivity index (χ0v) is 16.1. The van der Waals surface area contributed by atoms with E-state index in [9.17, 15) is 5.26 Å². The van der Waals surface area contributed by atoms with Crippen LogP contribution in [0.1, 0.15) is 18.2 Å². The monoisotopic (exact) mass is 397 g/mol. The SMILES string of the molecule is N#CN1CCC(c2nc(-c3ccc(Oc4ccccc4)cc3)c3c(N)ncnn23)C1. The Morgan fingerprint density at radius 2 is 1.83 bits per heavy atom. The lowest BCUT2D eigenvalue weighted by Gasteiger charge is -2.08. The molecule has 1 unspecified atom stereocenters. The van der Waals surface area contributed by atoms with Crippen LogP contribution in [-0.2, 0) is 0 Å². The number of likely N-dealkylation sites (tertiary alicyclic amines) is 1. The number of nitriles is 1. The van der Waals surface area contributed by atoms with E-state index in [2.05, 4.69) is 16.3 Å². The molecular weight excluding hydrogens is 378 g/mol. The summed E-state index contributed by atoms with van der Waals surface area (Å²) in [6, 6.07) is 17.3. The van der Waals surface area contributed by atoms with Gasteiger partial charge in [0, 0.05) is 24.6 Å². The second-order valence-electron chi connectivity index (χ2n) is 7.20. The third-order valence-corrected chi connectivity index (χ3v) is 5.29. The van der Waals surface area contributed by atoms with Crippen molar-refractivity contribution in [1.82, 2.24) is 24.5 Å². The molecule has 1 fully saturated rings. The maximum absolute atomic E-state index is 9.19. The molecule has 0 radical (unpaired) electrons. The molecule has 3 heterocycles. The van der Waals surface area contributed by atoms with Crippen molar-refractivity contribution in [3.05, 3.63) is 66.7 Å². The highest BCUT2D eigenvalue weighted by atomic mass is 16.5. The topological polar surface area (TPSA) is 105 Å². The Morgan fingerprint density at radius 3 is 2.57 bits per heavy atom. The smallest absolute Gasteiger partial charge is 0.179 e. The third-order valence-electron chi connectivity index (χ3n) is 5.29. The van der Waals surface area contributed by atoms with Crippen LogP contribution in [0.25, 0.3) is 16.8 Å². The Morgan fingerprint density at radius 1 is 1.07 bits per heavy atom. The molecule has 2 N–H and O–H groups in total. The third kappa shape index (κ3) is 3.16. The fraction of sp³-hybridized carbons (Fsp3) is 0.182. The lowest BCUT2D eigenvalue weighted by atomic mass is 10.1. The number of fused-ring (bicyclic) bond motifs is 1. The van der Waals surface area contributed by atoms with Gasteiger partial charge in [0.1, 0.15) is 34.9 Å². The summed E-state index contributed by atoms with van der Waals surface area (Å²) in [6.07, 6.45) is 4.50. The summed E-state index contributed by atoms with van der Waals surface area (Å²) in [4.78, 5) is 10.8. The largest absolute Gasteiger partial charge is 0.457 e. The van der Waals surface area contributed by atoms with E-state index < -0.39 is 0 Å². The number of nitrogen functional groups attached to an aromatic ring is 1. The van der Waals surface area contributed by atoms with Gasteiger partial charge in [0.05, 0.1) is 0 Å². The number of nitrogens with two attached hydrogens (primary N) is 1. The highest BCUT2D eigenvalue weighted by molar-refractivity contribution is 5.85. The van der Waals surface area contributed by atoms with Gasteiger partial charge in [0.2, 0.25) is 0 Å². The predicted molar refractivity (Wildman–Crippen MR) is 112 cm³/mol. The first-order valence-corrected chi connectivity index (χ1v) is 9.70. The molecule has 5 rings (SSSR count). The Bertz CT molecular complexity index is 1230. The van der Waals surface area contributed by atoms with Crippen molar-refractivity contribution < 1.29 is 4.74 Å². The number of rotatable bonds is 4. The highest BCUT2D eigenvalue weighted by Gasteiger charge is 2.29. The fourth-order valence-electron chi connectivity index (χ4n) is 3.81. The minimum atomic E-state index is 0.112. The molecule has 1 aliphatic heterocycles. The molecule has 0 aliphatic carbocycles. The maximum Gasteiger partial charge on any atom is 0.179 e. The Balaban J connectivity index is 1.52. The fourth-order valence-corrected chi connectivity index (χ4v) is 3.81. The normalized spacial score (nSPS) is 16.0. The molecule has 2 aromatic carbocycles. The van der Waals surface area contributed by atoms with Crippen molar-refractivity contribution in [2.45, 2.75) is 12.3 Å². The Hall–Kier alpha value is -4.12. The molecule has 1 atom stereocenters. The van der Waals surface area contributed by atoms with Crippen LogP contribution in [0.3, 0.4) is 0 Å². The van der Waals surface area contributed by atoms with Crippen molar-refractivity contribution in [3.63, 3.8) is 0 Å². The number of hydrogen-bond acceptors (Lipinski definition) is 7. The van der Waals surface area contributed by atoms with E-state index in [1.54, 1.807) is 9.42 Å². The first kappa shape index (κ1) is 17.9. The quantitative estimate of drug-likeness (QED) is 0.526. The molecule has 1 saturated heterocycles. The molecule has 148 valence electrons. The van der Waals surface area contributed by atoms with E-state index in [1.165, 1.54) is 6.33 Å². The molecule has 0 saturated carbocycles. The molecule has 30 heavy (non-hydrogen) atoms. The van der Waals surface area contributed by atoms with Gasteiger partial charge in [-0.1, -0.05) is 18.2 Å². The van der Waals surface area contributed by atoms with E-state index in [4.69, 9.17) is 15.5 Å². The van der Waals surface area contributed by atoms with Gasteiger partial charge in [-0.3, -0.25) is 0 Å². The van der Waals surface area contributed by atoms with Gasteiger partial charge in [0.15, 0.2) is 12.0 Å². The first-order valence-electron chi connectivity index (χ1n) is 9.70. The van der Waals surface area contributed by atoms with Crippen molar-refractivity contribution in [2.75, 3.05) is 18.8 Å². The first-order chi connectivity index (χ1) is 14.7. The van der Waals surface area contributed by atoms with Crippen LogP contribution in [0.2, 0.25) is 0 Å². The van der Waals surface area contributed by atoms with Crippen LogP contribution in [0.4, 0.5) is 5.82 Å². The van der Waals surface area contributed by atoms with Gasteiger partial charge in [-0.15, -0.1) is 0 Å². The Kier molecular flexibility index (Phi) is 4.41. The van der Waals surface area contributed by atoms with Crippen LogP contribution < -0.4 is 10.5 Å². The van der Waals surface area contributed by atoms with E-state index in [1.807, 2.05) is 54.6 Å². The summed E-state index contributed by atoms with van der Waals surface area (Å²) in [5.74, 6) is 2.80. The molecule has 0 bridgehead atoms. The predicted octanol–water partition coefficient (Wildman–Crippen LogP) is 3.44. The van der Waals surface area contributed by atoms with Crippen LogP contribution >= 0.6 is 0 Å². The second-order valence-corrected chi connectivity index (χ2v) is 7.20. The molecule has 4 aromatic rings. The summed E-state index contributed by atoms with van der Waals surface area (Å²) in [6.45, 7) is 1.35. The number of benzene rings is 2. The maximum atomic E-state index is 9.19. The van der Waals surface area contributed by atoms with E-state index in [-0.39, 0.29) is 5.92 Å². The van der Waals surface area contributed by atoms with Gasteiger partial charge in [0.25, 0.3) is 0 Å². The van der Waals surface area contributed by atoms with E-state index in [0.717, 1.165) is 41.5 Å². The standard InChI is InChI=1S/C22H19N7O/c23-13-28-11-10-16(12-28)22-27-19(20-21(24)25-14-26-29(20)22)15-6-8-18(9-7-15)30-17-4-2-1-3-5-17/h1-9,14,16H,10-12H2,(H2,24,25,26). The minimum absolute atomic E-state index is 0.112. The number of para-hydroxylation sites is 1. The summed E-state index contributed by atoms with van der Waals surface area (Å²) < 4.78 is 7.64. The van der Waals surface area contributed by atoms with Crippen molar-refractivity contribution in [1.29, 1.82) is 5.26 Å². The summed E-state index contributed by atoms with van der Waals surface area (Å²) in [7, 11) is 0. The molecule has 8 nitrogen and oxygen atoms in total. The number of nitrogens with zero attached hydrogens (tertiary/aromatic N) is 6. The molecule has 0 spiro atoms. The number of ether oxygens (including phenoxy) is 1. The zero-order valence-electron chi connectivity index (χ0n) is 16.1. The van der Waals surface area contributed by atoms with Gasteiger partial charge in [-0.05, 0) is 42.8 Å². The van der Waals surface area contributed by atoms with E-state index in [0.29, 0.717) is 17.9 Å². The van der Waals surface area contributed by atoms with Crippen molar-refractivity contribution >= 4 is 11.3 Å². The summed E-state index contributed by atoms with van der Waals surface area (Å²) in [5, 5.41) is 13.6. The lowest BCUT2D eigenvalue weighted by molar-refractivity contribution is 0.475. The van der Waals surface area contributed by atoms with Crippen LogP contribution in [0.5, 0.6) is 11.5 Å². The van der Waals surface area contributed by atoms with Gasteiger partial charge in [-0.2, -0.15) is 10.4 Å². The van der Waals surface area contributed by atoms with Crippen molar-refractivity contribution in [2.24, 2.45) is 0 Å². The average Bonchev–Trinajstić information content (AvgIpc) is 3.40. The summed E-state index contributed by atoms with van der Waals surface area (Å²) in [5.41, 5.74) is 8.50. The Labute approximate surface area is 173 Å². The molecular formula is C22H19N7O. The lowest BCUT2D eigenvalue weighted by Crippen LogP contribution is -2.14. The zero-order chi connectivity index (χ0) is 20.5. The van der Waals surface area contributed by atoms with E-state index >= 15 is 0 Å². The van der Waals surface area contributed by atoms with Gasteiger partial charge in [-0.25, -0.2) is 14.5 Å². The van der Waals surface area contributed by atoms with Crippen LogP contribution in [0.15, 0.2) is 60.9 Å². The average molecular weight is 397 g/mol. The number of anilines is 1. The summed E-state index contributed by atoms with van der Waals surface area (Å²) >= 11 is 0. The molecule has 2 aromatic heterocycles. The van der Waals surface area contributed by atoms with Crippen LogP contribution in [-0.4, -0.2) is 37.6 Å². The number of hydrogen-bond donors (Lipinski definition) is 1. The highest BCUT2D eigenvalue weighted by Crippen LogP contribution is 2.34. The number of imidazole rings is 1.